The highest BCUT2D eigenvalue weighted by Crippen LogP contribution is 2.20. The largest absolute Gasteiger partial charge is 0.325 e. The first-order valence-corrected chi connectivity index (χ1v) is 7.87. The van der Waals surface area contributed by atoms with Crippen LogP contribution in [0, 0.1) is 6.92 Å². The number of carbonyl (C=O) groups excluding carboxylic acids is 1. The zero-order chi connectivity index (χ0) is 14.5. The van der Waals surface area contributed by atoms with Crippen molar-refractivity contribution >= 4 is 23.2 Å². The lowest BCUT2D eigenvalue weighted by molar-refractivity contribution is -0.913. The summed E-state index contributed by atoms with van der Waals surface area (Å²) in [6, 6.07) is 5.59. The van der Waals surface area contributed by atoms with Gasteiger partial charge in [-0.3, -0.25) is 4.79 Å². The zero-order valence-electron chi connectivity index (χ0n) is 12.3. The fourth-order valence-corrected chi connectivity index (χ4v) is 2.94. The molecular weight excluding hydrogens is 272 g/mol. The molecule has 2 rings (SSSR count). The number of rotatable bonds is 3. The minimum atomic E-state index is -0.00789. The van der Waals surface area contributed by atoms with Gasteiger partial charge in [0.15, 0.2) is 6.04 Å². The number of hydrogen-bond donors (Lipinski definition) is 2. The Bertz CT molecular complexity index is 468. The number of anilines is 1. The van der Waals surface area contributed by atoms with Crippen LogP contribution in [0.3, 0.4) is 0 Å². The average molecular weight is 296 g/mol. The number of benzene rings is 1. The van der Waals surface area contributed by atoms with Gasteiger partial charge in [-0.2, -0.15) is 0 Å². The molecule has 4 heteroatoms. The van der Waals surface area contributed by atoms with Gasteiger partial charge in [0.1, 0.15) is 0 Å². The van der Waals surface area contributed by atoms with Crippen LogP contribution in [0.5, 0.6) is 0 Å². The highest BCUT2D eigenvalue weighted by molar-refractivity contribution is 6.31. The highest BCUT2D eigenvalue weighted by Gasteiger charge is 2.26. The summed E-state index contributed by atoms with van der Waals surface area (Å²) in [5.41, 5.74) is 1.87. The molecule has 1 atom stereocenters. The molecule has 0 aliphatic carbocycles. The van der Waals surface area contributed by atoms with Crippen LogP contribution in [0.4, 0.5) is 5.69 Å². The summed E-state index contributed by atoms with van der Waals surface area (Å²) < 4.78 is 0. The summed E-state index contributed by atoms with van der Waals surface area (Å²) in [6.45, 7) is 6.21. The molecule has 1 aliphatic heterocycles. The van der Waals surface area contributed by atoms with Crippen molar-refractivity contribution < 1.29 is 9.69 Å². The second kappa shape index (κ2) is 7.09. The molecule has 3 nitrogen and oxygen atoms in total. The summed E-state index contributed by atoms with van der Waals surface area (Å²) in [5, 5.41) is 3.68. The van der Waals surface area contributed by atoms with Gasteiger partial charge in [-0.05, 0) is 57.2 Å². The molecule has 20 heavy (non-hydrogen) atoms. The topological polar surface area (TPSA) is 33.5 Å². The standard InChI is InChI=1S/C16H23ClN2O/c1-12-7-8-14(17)11-15(12)18-16(20)13(2)19-9-5-3-4-6-10-19/h7-8,11,13H,3-6,9-10H2,1-2H3,(H,18,20)/p+1/t13-/m1/s1. The monoisotopic (exact) mass is 295 g/mol. The van der Waals surface area contributed by atoms with Crippen molar-refractivity contribution in [1.29, 1.82) is 0 Å². The van der Waals surface area contributed by atoms with E-state index in [1.54, 1.807) is 0 Å². The molecular formula is C16H24ClN2O+. The molecule has 2 N–H and O–H groups in total. The Balaban J connectivity index is 2.01. The van der Waals surface area contributed by atoms with Crippen LogP contribution in [0.2, 0.25) is 5.02 Å². The maximum atomic E-state index is 12.4. The van der Waals surface area contributed by atoms with Crippen LogP contribution in [0.25, 0.3) is 0 Å². The zero-order valence-corrected chi connectivity index (χ0v) is 13.1. The van der Waals surface area contributed by atoms with E-state index in [0.29, 0.717) is 5.02 Å². The summed E-state index contributed by atoms with van der Waals surface area (Å²) in [6.07, 6.45) is 5.04. The van der Waals surface area contributed by atoms with Crippen molar-refractivity contribution in [3.05, 3.63) is 28.8 Å². The molecule has 0 unspecified atom stereocenters. The number of amides is 1. The van der Waals surface area contributed by atoms with E-state index >= 15 is 0 Å². The molecule has 0 spiro atoms. The quantitative estimate of drug-likeness (QED) is 0.882. The Kier molecular flexibility index (Phi) is 5.44. The number of quaternary nitrogens is 1. The number of hydrogen-bond acceptors (Lipinski definition) is 1. The summed E-state index contributed by atoms with van der Waals surface area (Å²) >= 11 is 5.99. The van der Waals surface area contributed by atoms with Crippen molar-refractivity contribution in [2.45, 2.75) is 45.6 Å². The minimum absolute atomic E-state index is 0.00789. The first-order valence-electron chi connectivity index (χ1n) is 7.49. The van der Waals surface area contributed by atoms with Gasteiger partial charge in [-0.25, -0.2) is 0 Å². The molecule has 0 saturated carbocycles. The maximum absolute atomic E-state index is 12.4. The molecule has 0 radical (unpaired) electrons. The normalized spacial score (nSPS) is 18.4. The van der Waals surface area contributed by atoms with E-state index < -0.39 is 0 Å². The Hall–Kier alpha value is -1.06. The van der Waals surface area contributed by atoms with Crippen molar-refractivity contribution in [2.75, 3.05) is 18.4 Å². The summed E-state index contributed by atoms with van der Waals surface area (Å²) in [7, 11) is 0. The third kappa shape index (κ3) is 3.97. The molecule has 0 aromatic heterocycles. The van der Waals surface area contributed by atoms with Crippen LogP contribution in [0.15, 0.2) is 18.2 Å². The van der Waals surface area contributed by atoms with Gasteiger partial charge in [0.05, 0.1) is 13.1 Å². The van der Waals surface area contributed by atoms with Crippen molar-refractivity contribution in [1.82, 2.24) is 0 Å². The van der Waals surface area contributed by atoms with E-state index in [9.17, 15) is 4.79 Å². The summed E-state index contributed by atoms with van der Waals surface area (Å²) in [5.74, 6) is 0.0901. The molecule has 1 aromatic rings. The third-order valence-electron chi connectivity index (χ3n) is 4.21. The van der Waals surface area contributed by atoms with Gasteiger partial charge in [0.2, 0.25) is 0 Å². The number of likely N-dealkylation sites (tertiary alicyclic amines) is 1. The Morgan fingerprint density at radius 2 is 1.90 bits per heavy atom. The fourth-order valence-electron chi connectivity index (χ4n) is 2.77. The van der Waals surface area contributed by atoms with E-state index in [-0.39, 0.29) is 11.9 Å². The minimum Gasteiger partial charge on any atom is -0.325 e. The van der Waals surface area contributed by atoms with Gasteiger partial charge >= 0.3 is 0 Å². The smallest absolute Gasteiger partial charge is 0.282 e. The van der Waals surface area contributed by atoms with Crippen LogP contribution < -0.4 is 10.2 Å². The van der Waals surface area contributed by atoms with Crippen molar-refractivity contribution in [3.63, 3.8) is 0 Å². The van der Waals surface area contributed by atoms with Crippen LogP contribution >= 0.6 is 11.6 Å². The molecule has 1 aliphatic rings. The van der Waals surface area contributed by atoms with Crippen LogP contribution in [-0.2, 0) is 4.79 Å². The first kappa shape index (κ1) is 15.3. The van der Waals surface area contributed by atoms with Crippen LogP contribution in [-0.4, -0.2) is 25.0 Å². The molecule has 110 valence electrons. The third-order valence-corrected chi connectivity index (χ3v) is 4.44. The van der Waals surface area contributed by atoms with E-state index in [4.69, 9.17) is 11.6 Å². The van der Waals surface area contributed by atoms with E-state index in [0.717, 1.165) is 24.3 Å². The second-order valence-electron chi connectivity index (χ2n) is 5.74. The van der Waals surface area contributed by atoms with E-state index in [1.807, 2.05) is 32.0 Å². The van der Waals surface area contributed by atoms with Crippen LogP contribution in [0.1, 0.15) is 38.2 Å². The molecule has 1 amide bonds. The number of nitrogens with one attached hydrogen (secondary N) is 2. The van der Waals surface area contributed by atoms with Gasteiger partial charge < -0.3 is 10.2 Å². The van der Waals surface area contributed by atoms with Gasteiger partial charge in [-0.1, -0.05) is 17.7 Å². The lowest BCUT2D eigenvalue weighted by Crippen LogP contribution is -3.16. The Labute approximate surface area is 126 Å². The van der Waals surface area contributed by atoms with Gasteiger partial charge in [-0.15, -0.1) is 0 Å². The molecule has 1 saturated heterocycles. The predicted molar refractivity (Wildman–Crippen MR) is 83.4 cm³/mol. The van der Waals surface area contributed by atoms with Crippen molar-refractivity contribution in [3.8, 4) is 0 Å². The predicted octanol–water partition coefficient (Wildman–Crippen LogP) is 2.43. The molecule has 1 heterocycles. The maximum Gasteiger partial charge on any atom is 0.282 e. The highest BCUT2D eigenvalue weighted by atomic mass is 35.5. The SMILES string of the molecule is Cc1ccc(Cl)cc1NC(=O)[C@@H](C)[NH+]1CCCCCC1. The van der Waals surface area contributed by atoms with E-state index in [2.05, 4.69) is 5.32 Å². The lowest BCUT2D eigenvalue weighted by atomic mass is 10.2. The molecule has 1 aromatic carbocycles. The van der Waals surface area contributed by atoms with Crippen molar-refractivity contribution in [2.24, 2.45) is 0 Å². The number of halogens is 1. The van der Waals surface area contributed by atoms with Gasteiger partial charge in [0, 0.05) is 10.7 Å². The average Bonchev–Trinajstić information content (AvgIpc) is 2.71. The second-order valence-corrected chi connectivity index (χ2v) is 6.18. The molecule has 1 fully saturated rings. The number of carbonyl (C=O) groups is 1. The number of aryl methyl sites for hydroxylation is 1. The fraction of sp³-hybridized carbons (Fsp3) is 0.562. The van der Waals surface area contributed by atoms with E-state index in [1.165, 1.54) is 30.6 Å². The lowest BCUT2D eigenvalue weighted by Gasteiger charge is -2.24. The molecule has 0 bridgehead atoms. The first-order chi connectivity index (χ1) is 9.58. The van der Waals surface area contributed by atoms with Gasteiger partial charge in [0.25, 0.3) is 5.91 Å². The Morgan fingerprint density at radius 3 is 2.55 bits per heavy atom. The Morgan fingerprint density at radius 1 is 1.25 bits per heavy atom. The summed E-state index contributed by atoms with van der Waals surface area (Å²) in [4.78, 5) is 13.8.